The summed E-state index contributed by atoms with van der Waals surface area (Å²) in [6.07, 6.45) is 3.00. The number of para-hydroxylation sites is 1. The maximum absolute atomic E-state index is 11.1. The largest absolute Gasteiger partial charge is 0.493 e. The van der Waals surface area contributed by atoms with E-state index >= 15 is 0 Å². The highest BCUT2D eigenvalue weighted by Gasteiger charge is 2.12. The van der Waals surface area contributed by atoms with Crippen molar-refractivity contribution >= 4 is 11.9 Å². The molecule has 0 aliphatic rings. The van der Waals surface area contributed by atoms with Crippen LogP contribution in [0.2, 0.25) is 0 Å². The van der Waals surface area contributed by atoms with Crippen LogP contribution < -0.4 is 4.74 Å². The molecule has 0 amide bonds. The summed E-state index contributed by atoms with van der Waals surface area (Å²) in [5.41, 5.74) is 0.141. The molecule has 0 saturated carbocycles. The van der Waals surface area contributed by atoms with E-state index in [4.69, 9.17) is 14.6 Å². The van der Waals surface area contributed by atoms with Gasteiger partial charge in [0.2, 0.25) is 0 Å². The van der Waals surface area contributed by atoms with Gasteiger partial charge in [0.15, 0.2) is 0 Å². The minimum atomic E-state index is -1.02. The van der Waals surface area contributed by atoms with Crippen LogP contribution in [0.1, 0.15) is 36.5 Å². The van der Waals surface area contributed by atoms with Crippen molar-refractivity contribution in [1.29, 1.82) is 0 Å². The van der Waals surface area contributed by atoms with Crippen LogP contribution in [0.4, 0.5) is 0 Å². The Morgan fingerprint density at radius 2 is 2.10 bits per heavy atom. The Morgan fingerprint density at radius 1 is 1.38 bits per heavy atom. The third-order valence-corrected chi connectivity index (χ3v) is 2.95. The predicted octanol–water partition coefficient (Wildman–Crippen LogP) is 3.05. The molecule has 5 heteroatoms. The summed E-state index contributed by atoms with van der Waals surface area (Å²) in [7, 11) is 0. The maximum Gasteiger partial charge on any atom is 0.339 e. The number of esters is 1. The smallest absolute Gasteiger partial charge is 0.339 e. The van der Waals surface area contributed by atoms with Crippen molar-refractivity contribution in [1.82, 2.24) is 0 Å². The number of hydrogen-bond acceptors (Lipinski definition) is 4. The number of carbonyl (C=O) groups excluding carboxylic acids is 1. The van der Waals surface area contributed by atoms with Gasteiger partial charge in [0, 0.05) is 6.08 Å². The Labute approximate surface area is 124 Å². The number of carboxylic acid groups (broad SMARTS) is 1. The molecule has 0 bridgehead atoms. The summed E-state index contributed by atoms with van der Waals surface area (Å²) in [6.45, 7) is 5.66. The molecule has 1 unspecified atom stereocenters. The molecule has 0 aliphatic carbocycles. The predicted molar refractivity (Wildman–Crippen MR) is 78.5 cm³/mol. The van der Waals surface area contributed by atoms with Gasteiger partial charge in [0.25, 0.3) is 0 Å². The zero-order valence-electron chi connectivity index (χ0n) is 12.1. The van der Waals surface area contributed by atoms with Crippen molar-refractivity contribution < 1.29 is 24.2 Å². The van der Waals surface area contributed by atoms with E-state index in [0.29, 0.717) is 31.6 Å². The van der Waals surface area contributed by atoms with E-state index < -0.39 is 11.9 Å². The van der Waals surface area contributed by atoms with Gasteiger partial charge in [-0.2, -0.15) is 0 Å². The Morgan fingerprint density at radius 3 is 2.71 bits per heavy atom. The second kappa shape index (κ2) is 8.79. The van der Waals surface area contributed by atoms with Crippen LogP contribution in [0.15, 0.2) is 36.9 Å². The average molecular weight is 292 g/mol. The summed E-state index contributed by atoms with van der Waals surface area (Å²) in [5.74, 6) is -1.10. The van der Waals surface area contributed by atoms with Crippen LogP contribution in [0, 0.1) is 0 Å². The van der Waals surface area contributed by atoms with E-state index in [1.54, 1.807) is 18.2 Å². The molecule has 0 spiro atoms. The molecule has 1 atom stereocenters. The first-order chi connectivity index (χ1) is 10.1. The van der Waals surface area contributed by atoms with Gasteiger partial charge in [-0.1, -0.05) is 25.6 Å². The number of carboxylic acids is 1. The molecule has 1 aromatic carbocycles. The zero-order valence-corrected chi connectivity index (χ0v) is 12.1. The third kappa shape index (κ3) is 5.69. The van der Waals surface area contributed by atoms with E-state index in [1.807, 2.05) is 6.92 Å². The molecule has 0 heterocycles. The molecule has 0 aromatic heterocycles. The average Bonchev–Trinajstić information content (AvgIpc) is 2.50. The standard InChI is InChI=1S/C16H20O5/c1-3-12(21-15(17)4-2)8-7-11-20-14-10-6-5-9-13(14)16(18)19/h4-6,9-10,12H,2-3,7-8,11H2,1H3,(H,18,19). The summed E-state index contributed by atoms with van der Waals surface area (Å²) in [5, 5.41) is 9.03. The van der Waals surface area contributed by atoms with Crippen molar-refractivity contribution in [3.8, 4) is 5.75 Å². The second-order valence-corrected chi connectivity index (χ2v) is 4.46. The molecular formula is C16H20O5. The lowest BCUT2D eigenvalue weighted by atomic mass is 10.1. The van der Waals surface area contributed by atoms with Crippen LogP contribution in [-0.4, -0.2) is 29.8 Å². The normalized spacial score (nSPS) is 11.5. The van der Waals surface area contributed by atoms with Gasteiger partial charge in [0.05, 0.1) is 6.61 Å². The monoisotopic (exact) mass is 292 g/mol. The highest BCUT2D eigenvalue weighted by molar-refractivity contribution is 5.90. The quantitative estimate of drug-likeness (QED) is 0.430. The molecule has 114 valence electrons. The van der Waals surface area contributed by atoms with E-state index in [0.717, 1.165) is 6.08 Å². The van der Waals surface area contributed by atoms with Gasteiger partial charge in [-0.05, 0) is 31.4 Å². The molecule has 5 nitrogen and oxygen atoms in total. The van der Waals surface area contributed by atoms with Crippen LogP contribution in [-0.2, 0) is 9.53 Å². The first-order valence-corrected chi connectivity index (χ1v) is 6.86. The molecule has 1 rings (SSSR count). The molecule has 0 fully saturated rings. The van der Waals surface area contributed by atoms with Crippen LogP contribution in [0.5, 0.6) is 5.75 Å². The number of hydrogen-bond donors (Lipinski definition) is 1. The van der Waals surface area contributed by atoms with Crippen molar-refractivity contribution in [2.24, 2.45) is 0 Å². The lowest BCUT2D eigenvalue weighted by Crippen LogP contribution is -2.17. The zero-order chi connectivity index (χ0) is 15.7. The van der Waals surface area contributed by atoms with Gasteiger partial charge < -0.3 is 14.6 Å². The Hall–Kier alpha value is -2.30. The van der Waals surface area contributed by atoms with Gasteiger partial charge in [-0.25, -0.2) is 9.59 Å². The van der Waals surface area contributed by atoms with Gasteiger partial charge in [-0.3, -0.25) is 0 Å². The van der Waals surface area contributed by atoms with E-state index in [1.165, 1.54) is 6.07 Å². The second-order valence-electron chi connectivity index (χ2n) is 4.46. The first-order valence-electron chi connectivity index (χ1n) is 6.86. The Kier molecular flexibility index (Phi) is 7.01. The SMILES string of the molecule is C=CC(=O)OC(CC)CCCOc1ccccc1C(=O)O. The molecule has 0 aliphatic heterocycles. The maximum atomic E-state index is 11.1. The van der Waals surface area contributed by atoms with Gasteiger partial charge in [0.1, 0.15) is 17.4 Å². The molecule has 1 aromatic rings. The van der Waals surface area contributed by atoms with Crippen LogP contribution in [0.3, 0.4) is 0 Å². The molecule has 1 N–H and O–H groups in total. The van der Waals surface area contributed by atoms with Crippen molar-refractivity contribution in [3.05, 3.63) is 42.5 Å². The number of aromatic carboxylic acids is 1. The molecule has 21 heavy (non-hydrogen) atoms. The highest BCUT2D eigenvalue weighted by atomic mass is 16.5. The van der Waals surface area contributed by atoms with Crippen molar-refractivity contribution in [3.63, 3.8) is 0 Å². The minimum Gasteiger partial charge on any atom is -0.493 e. The lowest BCUT2D eigenvalue weighted by Gasteiger charge is -2.15. The van der Waals surface area contributed by atoms with E-state index in [2.05, 4.69) is 6.58 Å². The number of ether oxygens (including phenoxy) is 2. The lowest BCUT2D eigenvalue weighted by molar-refractivity contribution is -0.143. The molecule has 0 saturated heterocycles. The van der Waals surface area contributed by atoms with E-state index in [-0.39, 0.29) is 11.7 Å². The highest BCUT2D eigenvalue weighted by Crippen LogP contribution is 2.18. The first kappa shape index (κ1) is 16.8. The Balaban J connectivity index is 2.41. The fraction of sp³-hybridized carbons (Fsp3) is 0.375. The summed E-state index contributed by atoms with van der Waals surface area (Å²) in [6, 6.07) is 6.50. The summed E-state index contributed by atoms with van der Waals surface area (Å²) < 4.78 is 10.6. The van der Waals surface area contributed by atoms with Crippen molar-refractivity contribution in [2.45, 2.75) is 32.3 Å². The fourth-order valence-corrected chi connectivity index (χ4v) is 1.82. The Bertz CT molecular complexity index is 495. The minimum absolute atomic E-state index is 0.141. The number of carbonyl (C=O) groups is 2. The fourth-order valence-electron chi connectivity index (χ4n) is 1.82. The van der Waals surface area contributed by atoms with Gasteiger partial charge >= 0.3 is 11.9 Å². The third-order valence-electron chi connectivity index (χ3n) is 2.95. The summed E-state index contributed by atoms with van der Waals surface area (Å²) in [4.78, 5) is 22.1. The molecular weight excluding hydrogens is 272 g/mol. The number of benzene rings is 1. The molecule has 0 radical (unpaired) electrons. The van der Waals surface area contributed by atoms with Crippen LogP contribution in [0.25, 0.3) is 0 Å². The topological polar surface area (TPSA) is 72.8 Å². The number of rotatable bonds is 9. The summed E-state index contributed by atoms with van der Waals surface area (Å²) >= 11 is 0. The van der Waals surface area contributed by atoms with Crippen molar-refractivity contribution in [2.75, 3.05) is 6.61 Å². The van der Waals surface area contributed by atoms with Gasteiger partial charge in [-0.15, -0.1) is 0 Å². The van der Waals surface area contributed by atoms with E-state index in [9.17, 15) is 9.59 Å². The van der Waals surface area contributed by atoms with Crippen LogP contribution >= 0.6 is 0 Å².